The van der Waals surface area contributed by atoms with Gasteiger partial charge in [0.2, 0.25) is 0 Å². The number of anilines is 1. The molecule has 0 aliphatic carbocycles. The quantitative estimate of drug-likeness (QED) is 0.574. The van der Waals surface area contributed by atoms with Crippen LogP contribution in [-0.4, -0.2) is 32.8 Å². The number of hydrogen-bond acceptors (Lipinski definition) is 5. The lowest BCUT2D eigenvalue weighted by molar-refractivity contribution is 0.00944. The molecule has 4 rings (SSSR count). The van der Waals surface area contributed by atoms with Crippen molar-refractivity contribution in [2.24, 2.45) is 0 Å². The van der Waals surface area contributed by atoms with E-state index < -0.39 is 11.4 Å². The first-order valence-electron chi connectivity index (χ1n) is 10.4. The smallest absolute Gasteiger partial charge is 0.410 e. The van der Waals surface area contributed by atoms with Gasteiger partial charge in [-0.1, -0.05) is 0 Å². The Balaban J connectivity index is 1.71. The number of nitrogen functional groups attached to an aromatic ring is 1. The Morgan fingerprint density at radius 2 is 2.00 bits per heavy atom. The zero-order chi connectivity index (χ0) is 22.2. The SMILES string of the molecule is CC(C)(C)OC(=O)N1CCCCC1c1cc(Oc2ccc(N)cc2F)c2ccnn2c1. The number of piperidine rings is 1. The van der Waals surface area contributed by atoms with Crippen LogP contribution < -0.4 is 10.5 Å². The van der Waals surface area contributed by atoms with E-state index in [1.165, 1.54) is 12.1 Å². The maximum Gasteiger partial charge on any atom is 0.410 e. The van der Waals surface area contributed by atoms with Crippen molar-refractivity contribution in [3.05, 3.63) is 54.1 Å². The van der Waals surface area contributed by atoms with Crippen molar-refractivity contribution in [1.29, 1.82) is 0 Å². The van der Waals surface area contributed by atoms with E-state index in [9.17, 15) is 9.18 Å². The Bertz CT molecular complexity index is 1110. The summed E-state index contributed by atoms with van der Waals surface area (Å²) < 4.78 is 27.6. The summed E-state index contributed by atoms with van der Waals surface area (Å²) in [7, 11) is 0. The summed E-state index contributed by atoms with van der Waals surface area (Å²) in [6.07, 6.45) is 5.89. The van der Waals surface area contributed by atoms with Gasteiger partial charge in [0, 0.05) is 24.5 Å². The molecule has 3 aromatic rings. The van der Waals surface area contributed by atoms with Crippen molar-refractivity contribution < 1.29 is 18.7 Å². The molecule has 1 amide bonds. The maximum atomic E-state index is 14.3. The minimum absolute atomic E-state index is 0.0714. The van der Waals surface area contributed by atoms with Gasteiger partial charge in [-0.05, 0) is 69.9 Å². The van der Waals surface area contributed by atoms with Crippen LogP contribution in [0.15, 0.2) is 42.7 Å². The van der Waals surface area contributed by atoms with Crippen LogP contribution in [0.25, 0.3) is 5.52 Å². The zero-order valence-electron chi connectivity index (χ0n) is 18.0. The molecule has 1 aromatic carbocycles. The van der Waals surface area contributed by atoms with E-state index >= 15 is 0 Å². The molecule has 1 atom stereocenters. The summed E-state index contributed by atoms with van der Waals surface area (Å²) in [6, 6.07) is 7.76. The molecular formula is C23H27FN4O3. The van der Waals surface area contributed by atoms with Crippen molar-refractivity contribution in [2.45, 2.75) is 51.7 Å². The number of aromatic nitrogens is 2. The van der Waals surface area contributed by atoms with E-state index in [2.05, 4.69) is 5.10 Å². The molecule has 2 aromatic heterocycles. The van der Waals surface area contributed by atoms with Crippen LogP contribution in [0.1, 0.15) is 51.6 Å². The second-order valence-electron chi connectivity index (χ2n) is 8.78. The van der Waals surface area contributed by atoms with E-state index in [-0.39, 0.29) is 17.9 Å². The van der Waals surface area contributed by atoms with Crippen LogP contribution in [0.3, 0.4) is 0 Å². The van der Waals surface area contributed by atoms with Gasteiger partial charge in [-0.2, -0.15) is 5.10 Å². The number of amides is 1. The number of benzene rings is 1. The molecule has 7 nitrogen and oxygen atoms in total. The van der Waals surface area contributed by atoms with Gasteiger partial charge < -0.3 is 20.1 Å². The average molecular weight is 426 g/mol. The van der Waals surface area contributed by atoms with E-state index in [0.717, 1.165) is 24.8 Å². The minimum atomic E-state index is -0.577. The minimum Gasteiger partial charge on any atom is -0.452 e. The third-order valence-electron chi connectivity index (χ3n) is 5.18. The van der Waals surface area contributed by atoms with E-state index in [1.54, 1.807) is 27.7 Å². The summed E-state index contributed by atoms with van der Waals surface area (Å²) in [5, 5.41) is 4.33. The van der Waals surface area contributed by atoms with Gasteiger partial charge in [-0.3, -0.25) is 0 Å². The molecule has 0 saturated carbocycles. The number of nitrogens with two attached hydrogens (primary N) is 1. The number of carbonyl (C=O) groups is 1. The largest absolute Gasteiger partial charge is 0.452 e. The molecule has 31 heavy (non-hydrogen) atoms. The second kappa shape index (κ2) is 8.09. The summed E-state index contributed by atoms with van der Waals surface area (Å²) in [5.41, 5.74) is 6.94. The fourth-order valence-electron chi connectivity index (χ4n) is 3.82. The van der Waals surface area contributed by atoms with E-state index in [1.807, 2.05) is 33.0 Å². The number of nitrogens with zero attached hydrogens (tertiary/aromatic N) is 3. The van der Waals surface area contributed by atoms with Crippen LogP contribution in [0.4, 0.5) is 14.9 Å². The van der Waals surface area contributed by atoms with Crippen LogP contribution in [0.2, 0.25) is 0 Å². The Hall–Kier alpha value is -3.29. The summed E-state index contributed by atoms with van der Waals surface area (Å²) in [6.45, 7) is 6.17. The predicted octanol–water partition coefficient (Wildman–Crippen LogP) is 5.31. The first-order chi connectivity index (χ1) is 14.7. The van der Waals surface area contributed by atoms with Gasteiger partial charge in [0.25, 0.3) is 0 Å². The number of fused-ring (bicyclic) bond motifs is 1. The molecule has 0 radical (unpaired) electrons. The number of hydrogen-bond donors (Lipinski definition) is 1. The van der Waals surface area contributed by atoms with Gasteiger partial charge >= 0.3 is 6.09 Å². The molecule has 1 unspecified atom stereocenters. The molecule has 1 aliphatic rings. The summed E-state index contributed by atoms with van der Waals surface area (Å²) in [4.78, 5) is 14.6. The van der Waals surface area contributed by atoms with Crippen molar-refractivity contribution in [3.8, 4) is 11.5 Å². The number of rotatable bonds is 3. The first kappa shape index (κ1) is 21.0. The second-order valence-corrected chi connectivity index (χ2v) is 8.78. The molecule has 1 fully saturated rings. The normalized spacial score (nSPS) is 17.0. The number of ether oxygens (including phenoxy) is 2. The summed E-state index contributed by atoms with van der Waals surface area (Å²) >= 11 is 0. The predicted molar refractivity (Wildman–Crippen MR) is 116 cm³/mol. The van der Waals surface area contributed by atoms with E-state index in [0.29, 0.717) is 23.5 Å². The van der Waals surface area contributed by atoms with Gasteiger partial charge in [0.1, 0.15) is 11.1 Å². The van der Waals surface area contributed by atoms with Crippen molar-refractivity contribution in [2.75, 3.05) is 12.3 Å². The fourth-order valence-corrected chi connectivity index (χ4v) is 3.82. The molecule has 0 spiro atoms. The number of pyridine rings is 1. The Labute approximate surface area is 180 Å². The van der Waals surface area contributed by atoms with Crippen LogP contribution >= 0.6 is 0 Å². The summed E-state index contributed by atoms with van der Waals surface area (Å²) in [5.74, 6) is -0.0217. The standard InChI is InChI=1S/C23H27FN4O3/c1-23(2,3)31-22(29)27-11-5-4-6-18(27)15-12-21(19-9-10-26-28(19)14-15)30-20-8-7-16(25)13-17(20)24/h7-10,12-14,18H,4-6,11,25H2,1-3H3. The Kier molecular flexibility index (Phi) is 5.47. The van der Waals surface area contributed by atoms with Crippen molar-refractivity contribution >= 4 is 17.3 Å². The van der Waals surface area contributed by atoms with Crippen LogP contribution in [-0.2, 0) is 4.74 Å². The Morgan fingerprint density at radius 3 is 2.74 bits per heavy atom. The molecule has 0 bridgehead atoms. The Morgan fingerprint density at radius 1 is 1.19 bits per heavy atom. The highest BCUT2D eigenvalue weighted by molar-refractivity contribution is 5.69. The van der Waals surface area contributed by atoms with Crippen LogP contribution in [0.5, 0.6) is 11.5 Å². The molecule has 8 heteroatoms. The third kappa shape index (κ3) is 4.57. The number of halogens is 1. The van der Waals surface area contributed by atoms with Gasteiger partial charge in [0.05, 0.1) is 12.2 Å². The topological polar surface area (TPSA) is 82.1 Å². The molecule has 164 valence electrons. The van der Waals surface area contributed by atoms with Crippen molar-refractivity contribution in [3.63, 3.8) is 0 Å². The lowest BCUT2D eigenvalue weighted by Crippen LogP contribution is -2.41. The lowest BCUT2D eigenvalue weighted by Gasteiger charge is -2.37. The fraction of sp³-hybridized carbons (Fsp3) is 0.391. The molecule has 1 saturated heterocycles. The van der Waals surface area contributed by atoms with Crippen molar-refractivity contribution in [1.82, 2.24) is 14.5 Å². The molecular weight excluding hydrogens is 399 g/mol. The van der Waals surface area contributed by atoms with Gasteiger partial charge in [-0.25, -0.2) is 13.7 Å². The highest BCUT2D eigenvalue weighted by Crippen LogP contribution is 2.36. The molecule has 1 aliphatic heterocycles. The zero-order valence-corrected chi connectivity index (χ0v) is 18.0. The van der Waals surface area contributed by atoms with Gasteiger partial charge in [-0.15, -0.1) is 0 Å². The highest BCUT2D eigenvalue weighted by Gasteiger charge is 2.32. The van der Waals surface area contributed by atoms with E-state index in [4.69, 9.17) is 15.2 Å². The maximum absolute atomic E-state index is 14.3. The number of likely N-dealkylation sites (tertiary alicyclic amines) is 1. The monoisotopic (exact) mass is 426 g/mol. The first-order valence-corrected chi connectivity index (χ1v) is 10.4. The molecule has 3 heterocycles. The lowest BCUT2D eigenvalue weighted by atomic mass is 9.96. The average Bonchev–Trinajstić information content (AvgIpc) is 3.17. The van der Waals surface area contributed by atoms with Gasteiger partial charge in [0.15, 0.2) is 17.3 Å². The number of carbonyl (C=O) groups excluding carboxylic acids is 1. The highest BCUT2D eigenvalue weighted by atomic mass is 19.1. The van der Waals surface area contributed by atoms with Crippen LogP contribution in [0, 0.1) is 5.82 Å². The third-order valence-corrected chi connectivity index (χ3v) is 5.18. The molecule has 2 N–H and O–H groups in total.